The highest BCUT2D eigenvalue weighted by molar-refractivity contribution is 5.34. The Morgan fingerprint density at radius 1 is 1.43 bits per heavy atom. The monoisotopic (exact) mass is 191 g/mol. The first-order valence-corrected chi connectivity index (χ1v) is 4.45. The number of aliphatic imine (C=N–C) groups is 1. The number of hydrogen-bond donors (Lipinski definition) is 0. The van der Waals surface area contributed by atoms with E-state index < -0.39 is 0 Å². The maximum Gasteiger partial charge on any atom is 0.234 e. The van der Waals surface area contributed by atoms with Crippen molar-refractivity contribution >= 4 is 6.08 Å². The van der Waals surface area contributed by atoms with E-state index in [9.17, 15) is 4.79 Å². The Balaban J connectivity index is 2.70. The molecule has 0 saturated carbocycles. The third-order valence-corrected chi connectivity index (χ3v) is 2.11. The van der Waals surface area contributed by atoms with E-state index in [1.165, 1.54) is 0 Å². The number of carbonyl (C=O) groups excluding carboxylic acids is 1. The van der Waals surface area contributed by atoms with Gasteiger partial charge in [0.25, 0.3) is 0 Å². The summed E-state index contributed by atoms with van der Waals surface area (Å²) in [4.78, 5) is 13.5. The quantitative estimate of drug-likeness (QED) is 0.540. The summed E-state index contributed by atoms with van der Waals surface area (Å²) in [6.45, 7) is 2.50. The number of methoxy groups -OCH3 is 1. The molecule has 0 spiro atoms. The first-order valence-electron chi connectivity index (χ1n) is 4.45. The molecule has 74 valence electrons. The molecule has 14 heavy (non-hydrogen) atoms. The molecule has 1 aromatic rings. The lowest BCUT2D eigenvalue weighted by Crippen LogP contribution is -1.97. The fourth-order valence-electron chi connectivity index (χ4n) is 1.21. The predicted octanol–water partition coefficient (Wildman–Crippen LogP) is 2.13. The Morgan fingerprint density at radius 3 is 2.57 bits per heavy atom. The lowest BCUT2D eigenvalue weighted by Gasteiger charge is -2.08. The summed E-state index contributed by atoms with van der Waals surface area (Å²) >= 11 is 0. The molecule has 0 bridgehead atoms. The molecule has 3 heteroatoms. The molecular formula is C11H13NO2. The van der Waals surface area contributed by atoms with Gasteiger partial charge in [0.15, 0.2) is 0 Å². The van der Waals surface area contributed by atoms with Crippen LogP contribution in [0.15, 0.2) is 29.3 Å². The lowest BCUT2D eigenvalue weighted by molar-refractivity contribution is 0.414. The zero-order valence-electron chi connectivity index (χ0n) is 8.36. The van der Waals surface area contributed by atoms with E-state index in [2.05, 4.69) is 4.99 Å². The molecule has 1 atom stereocenters. The SMILES string of the molecule is COc1ccc(C(C)CN=C=O)cc1. The van der Waals surface area contributed by atoms with Crippen molar-refractivity contribution in [1.82, 2.24) is 0 Å². The minimum absolute atomic E-state index is 0.238. The van der Waals surface area contributed by atoms with Crippen LogP contribution in [0.4, 0.5) is 0 Å². The van der Waals surface area contributed by atoms with Crippen molar-refractivity contribution < 1.29 is 9.53 Å². The molecule has 1 unspecified atom stereocenters. The molecule has 0 saturated heterocycles. The van der Waals surface area contributed by atoms with Crippen LogP contribution in [0.3, 0.4) is 0 Å². The fraction of sp³-hybridized carbons (Fsp3) is 0.364. The summed E-state index contributed by atoms with van der Waals surface area (Å²) in [5.74, 6) is 1.07. The first-order chi connectivity index (χ1) is 6.77. The van der Waals surface area contributed by atoms with Gasteiger partial charge in [-0.05, 0) is 17.7 Å². The summed E-state index contributed by atoms with van der Waals surface area (Å²) in [6, 6.07) is 7.75. The Hall–Kier alpha value is -1.60. The van der Waals surface area contributed by atoms with Gasteiger partial charge in [0, 0.05) is 5.92 Å². The lowest BCUT2D eigenvalue weighted by atomic mass is 10.0. The minimum atomic E-state index is 0.238. The van der Waals surface area contributed by atoms with E-state index in [0.717, 1.165) is 11.3 Å². The van der Waals surface area contributed by atoms with Gasteiger partial charge in [0.1, 0.15) is 5.75 Å². The van der Waals surface area contributed by atoms with Crippen LogP contribution in [0.5, 0.6) is 5.75 Å². The van der Waals surface area contributed by atoms with Crippen molar-refractivity contribution in [2.45, 2.75) is 12.8 Å². The summed E-state index contributed by atoms with van der Waals surface area (Å²) in [6.07, 6.45) is 1.54. The largest absolute Gasteiger partial charge is 0.497 e. The molecule has 0 N–H and O–H groups in total. The molecular weight excluding hydrogens is 178 g/mol. The molecule has 1 aromatic carbocycles. The van der Waals surface area contributed by atoms with E-state index in [4.69, 9.17) is 4.74 Å². The van der Waals surface area contributed by atoms with Gasteiger partial charge < -0.3 is 4.74 Å². The number of ether oxygens (including phenoxy) is 1. The van der Waals surface area contributed by atoms with Crippen LogP contribution in [-0.4, -0.2) is 19.7 Å². The number of benzene rings is 1. The number of isocyanates is 1. The predicted molar refractivity (Wildman–Crippen MR) is 54.4 cm³/mol. The number of nitrogens with zero attached hydrogens (tertiary/aromatic N) is 1. The van der Waals surface area contributed by atoms with E-state index in [0.29, 0.717) is 6.54 Å². The highest BCUT2D eigenvalue weighted by Gasteiger charge is 2.03. The first kappa shape index (κ1) is 10.5. The van der Waals surface area contributed by atoms with Crippen molar-refractivity contribution in [3.8, 4) is 5.75 Å². The zero-order valence-corrected chi connectivity index (χ0v) is 8.36. The van der Waals surface area contributed by atoms with E-state index >= 15 is 0 Å². The molecule has 0 aliphatic rings. The van der Waals surface area contributed by atoms with Crippen molar-refractivity contribution in [1.29, 1.82) is 0 Å². The average molecular weight is 191 g/mol. The van der Waals surface area contributed by atoms with Crippen LogP contribution < -0.4 is 4.74 Å². The topological polar surface area (TPSA) is 38.7 Å². The van der Waals surface area contributed by atoms with Crippen LogP contribution in [0.2, 0.25) is 0 Å². The minimum Gasteiger partial charge on any atom is -0.497 e. The second-order valence-corrected chi connectivity index (χ2v) is 3.11. The van der Waals surface area contributed by atoms with Crippen LogP contribution in [-0.2, 0) is 4.79 Å². The number of hydrogen-bond acceptors (Lipinski definition) is 3. The van der Waals surface area contributed by atoms with Crippen molar-refractivity contribution in [2.75, 3.05) is 13.7 Å². The zero-order chi connectivity index (χ0) is 10.4. The molecule has 0 amide bonds. The van der Waals surface area contributed by atoms with E-state index in [-0.39, 0.29) is 5.92 Å². The maximum absolute atomic E-state index is 9.93. The summed E-state index contributed by atoms with van der Waals surface area (Å²) in [5, 5.41) is 0. The number of rotatable bonds is 4. The van der Waals surface area contributed by atoms with Crippen LogP contribution in [0, 0.1) is 0 Å². The smallest absolute Gasteiger partial charge is 0.234 e. The van der Waals surface area contributed by atoms with Crippen LogP contribution in [0.25, 0.3) is 0 Å². The molecule has 0 aliphatic carbocycles. The molecule has 0 fully saturated rings. The van der Waals surface area contributed by atoms with Gasteiger partial charge in [-0.25, -0.2) is 9.79 Å². The van der Waals surface area contributed by atoms with Gasteiger partial charge in [0.05, 0.1) is 13.7 Å². The van der Waals surface area contributed by atoms with Gasteiger partial charge in [-0.2, -0.15) is 0 Å². The Labute approximate surface area is 83.4 Å². The third kappa shape index (κ3) is 2.71. The Bertz CT molecular complexity index is 326. The normalized spacial score (nSPS) is 11.6. The van der Waals surface area contributed by atoms with Crippen molar-refractivity contribution in [3.63, 3.8) is 0 Å². The average Bonchev–Trinajstić information content (AvgIpc) is 2.26. The highest BCUT2D eigenvalue weighted by Crippen LogP contribution is 2.18. The van der Waals surface area contributed by atoms with Crippen LogP contribution in [0.1, 0.15) is 18.4 Å². The Morgan fingerprint density at radius 2 is 2.07 bits per heavy atom. The van der Waals surface area contributed by atoms with Crippen molar-refractivity contribution in [3.05, 3.63) is 29.8 Å². The Kier molecular flexibility index (Phi) is 3.89. The van der Waals surface area contributed by atoms with E-state index in [1.807, 2.05) is 31.2 Å². The van der Waals surface area contributed by atoms with Gasteiger partial charge in [-0.15, -0.1) is 0 Å². The molecule has 0 radical (unpaired) electrons. The van der Waals surface area contributed by atoms with Gasteiger partial charge in [-0.3, -0.25) is 0 Å². The molecule has 3 nitrogen and oxygen atoms in total. The summed E-state index contributed by atoms with van der Waals surface area (Å²) in [7, 11) is 1.63. The molecule has 0 aliphatic heterocycles. The third-order valence-electron chi connectivity index (χ3n) is 2.11. The summed E-state index contributed by atoms with van der Waals surface area (Å²) < 4.78 is 5.04. The van der Waals surface area contributed by atoms with Gasteiger partial charge >= 0.3 is 0 Å². The molecule has 1 rings (SSSR count). The van der Waals surface area contributed by atoms with Gasteiger partial charge in [0.2, 0.25) is 6.08 Å². The standard InChI is InChI=1S/C11H13NO2/c1-9(7-12-8-13)10-3-5-11(14-2)6-4-10/h3-6,9H,7H2,1-2H3. The maximum atomic E-state index is 9.93. The van der Waals surface area contributed by atoms with E-state index in [1.54, 1.807) is 13.2 Å². The highest BCUT2D eigenvalue weighted by atomic mass is 16.5. The second kappa shape index (κ2) is 5.20. The fourth-order valence-corrected chi connectivity index (χ4v) is 1.21. The second-order valence-electron chi connectivity index (χ2n) is 3.11. The van der Waals surface area contributed by atoms with Gasteiger partial charge in [-0.1, -0.05) is 19.1 Å². The molecule has 0 aromatic heterocycles. The van der Waals surface area contributed by atoms with Crippen molar-refractivity contribution in [2.24, 2.45) is 4.99 Å². The molecule has 0 heterocycles. The van der Waals surface area contributed by atoms with Crippen LogP contribution >= 0.6 is 0 Å². The summed E-state index contributed by atoms with van der Waals surface area (Å²) in [5.41, 5.74) is 1.14.